The highest BCUT2D eigenvalue weighted by molar-refractivity contribution is 6.30. The molecule has 0 bridgehead atoms. The average molecular weight is 296 g/mol. The lowest BCUT2D eigenvalue weighted by atomic mass is 10.0. The van der Waals surface area contributed by atoms with Crippen molar-refractivity contribution in [2.75, 3.05) is 0 Å². The summed E-state index contributed by atoms with van der Waals surface area (Å²) in [6.07, 6.45) is 0. The number of hydrogen-bond donors (Lipinski definition) is 1. The molecule has 106 valence electrons. The van der Waals surface area contributed by atoms with E-state index in [4.69, 9.17) is 11.6 Å². The molecule has 0 radical (unpaired) electrons. The van der Waals surface area contributed by atoms with Crippen molar-refractivity contribution in [3.05, 3.63) is 58.6 Å². The standard InChI is InChI=1S/C16H16ClF2N/c1-10(2)20-9-13-5-11(3-4-16(13)19)12-6-14(17)8-15(18)7-12/h3-8,10,20H,9H2,1-2H3. The lowest BCUT2D eigenvalue weighted by Gasteiger charge is -2.11. The molecule has 2 aromatic carbocycles. The maximum Gasteiger partial charge on any atom is 0.127 e. The van der Waals surface area contributed by atoms with Gasteiger partial charge in [-0.1, -0.05) is 31.5 Å². The van der Waals surface area contributed by atoms with Crippen LogP contribution in [0.5, 0.6) is 0 Å². The van der Waals surface area contributed by atoms with Gasteiger partial charge >= 0.3 is 0 Å². The highest BCUT2D eigenvalue weighted by atomic mass is 35.5. The van der Waals surface area contributed by atoms with Gasteiger partial charge in [-0.05, 0) is 41.5 Å². The predicted octanol–water partition coefficient (Wildman–Crippen LogP) is 4.78. The van der Waals surface area contributed by atoms with Gasteiger partial charge in [0.1, 0.15) is 11.6 Å². The normalized spacial score (nSPS) is 11.1. The first-order chi connectivity index (χ1) is 9.45. The Bertz CT molecular complexity index is 591. The van der Waals surface area contributed by atoms with Crippen LogP contribution in [0.1, 0.15) is 19.4 Å². The van der Waals surface area contributed by atoms with E-state index in [1.54, 1.807) is 18.2 Å². The molecule has 2 rings (SSSR count). The van der Waals surface area contributed by atoms with E-state index < -0.39 is 5.82 Å². The Labute approximate surface area is 122 Å². The summed E-state index contributed by atoms with van der Waals surface area (Å²) in [5.74, 6) is -0.678. The molecule has 0 aromatic heterocycles. The van der Waals surface area contributed by atoms with E-state index in [1.165, 1.54) is 18.2 Å². The van der Waals surface area contributed by atoms with Gasteiger partial charge in [0.2, 0.25) is 0 Å². The first-order valence-electron chi connectivity index (χ1n) is 6.44. The largest absolute Gasteiger partial charge is 0.310 e. The first-order valence-corrected chi connectivity index (χ1v) is 6.82. The molecule has 0 aliphatic carbocycles. The highest BCUT2D eigenvalue weighted by Crippen LogP contribution is 2.26. The summed E-state index contributed by atoms with van der Waals surface area (Å²) < 4.78 is 27.1. The number of halogens is 3. The van der Waals surface area contributed by atoms with Crippen LogP contribution in [0.4, 0.5) is 8.78 Å². The molecule has 4 heteroatoms. The Morgan fingerprint density at radius 1 is 1.05 bits per heavy atom. The Morgan fingerprint density at radius 3 is 2.45 bits per heavy atom. The van der Waals surface area contributed by atoms with E-state index in [2.05, 4.69) is 5.32 Å². The van der Waals surface area contributed by atoms with Gasteiger partial charge < -0.3 is 5.32 Å². The second-order valence-electron chi connectivity index (χ2n) is 5.00. The third-order valence-corrected chi connectivity index (χ3v) is 3.16. The monoisotopic (exact) mass is 295 g/mol. The van der Waals surface area contributed by atoms with Crippen molar-refractivity contribution in [3.8, 4) is 11.1 Å². The van der Waals surface area contributed by atoms with Crippen LogP contribution in [0.3, 0.4) is 0 Å². The van der Waals surface area contributed by atoms with E-state index in [9.17, 15) is 8.78 Å². The predicted molar refractivity (Wildman–Crippen MR) is 78.8 cm³/mol. The maximum atomic E-state index is 13.8. The Kier molecular flexibility index (Phi) is 4.73. The Balaban J connectivity index is 2.35. The number of rotatable bonds is 4. The van der Waals surface area contributed by atoms with Crippen molar-refractivity contribution in [2.24, 2.45) is 0 Å². The van der Waals surface area contributed by atoms with Crippen LogP contribution < -0.4 is 5.32 Å². The third kappa shape index (κ3) is 3.78. The van der Waals surface area contributed by atoms with Gasteiger partial charge in [-0.3, -0.25) is 0 Å². The Morgan fingerprint density at radius 2 is 1.80 bits per heavy atom. The van der Waals surface area contributed by atoms with Crippen molar-refractivity contribution < 1.29 is 8.78 Å². The second kappa shape index (κ2) is 6.33. The molecule has 0 spiro atoms. The molecule has 0 fully saturated rings. The average Bonchev–Trinajstić information content (AvgIpc) is 2.36. The number of nitrogens with one attached hydrogen (secondary N) is 1. The van der Waals surface area contributed by atoms with E-state index >= 15 is 0 Å². The van der Waals surface area contributed by atoms with Crippen LogP contribution in [0.15, 0.2) is 36.4 Å². The topological polar surface area (TPSA) is 12.0 Å². The van der Waals surface area contributed by atoms with E-state index in [1.807, 2.05) is 13.8 Å². The van der Waals surface area contributed by atoms with Crippen molar-refractivity contribution in [2.45, 2.75) is 26.4 Å². The second-order valence-corrected chi connectivity index (χ2v) is 5.44. The van der Waals surface area contributed by atoms with Crippen molar-refractivity contribution in [1.29, 1.82) is 0 Å². The molecule has 0 heterocycles. The summed E-state index contributed by atoms with van der Waals surface area (Å²) in [5, 5.41) is 3.49. The molecule has 0 amide bonds. The van der Waals surface area contributed by atoms with Gasteiger partial charge in [-0.25, -0.2) is 8.78 Å². The zero-order chi connectivity index (χ0) is 14.7. The summed E-state index contributed by atoms with van der Waals surface area (Å²) in [7, 11) is 0. The van der Waals surface area contributed by atoms with Gasteiger partial charge in [0, 0.05) is 23.2 Å². The van der Waals surface area contributed by atoms with Crippen LogP contribution in [0, 0.1) is 11.6 Å². The van der Waals surface area contributed by atoms with Crippen LogP contribution in [0.25, 0.3) is 11.1 Å². The summed E-state index contributed by atoms with van der Waals surface area (Å²) in [4.78, 5) is 0. The first kappa shape index (κ1) is 14.9. The summed E-state index contributed by atoms with van der Waals surface area (Å²) in [6, 6.07) is 9.30. The lowest BCUT2D eigenvalue weighted by molar-refractivity contribution is 0.553. The maximum absolute atomic E-state index is 13.8. The molecule has 0 aliphatic heterocycles. The zero-order valence-electron chi connectivity index (χ0n) is 11.4. The number of hydrogen-bond acceptors (Lipinski definition) is 1. The minimum absolute atomic E-state index is 0.265. The highest BCUT2D eigenvalue weighted by Gasteiger charge is 2.07. The molecule has 0 aliphatic rings. The van der Waals surface area contributed by atoms with Crippen LogP contribution in [-0.2, 0) is 6.54 Å². The fraction of sp³-hybridized carbons (Fsp3) is 0.250. The molecule has 0 saturated carbocycles. The van der Waals surface area contributed by atoms with Crippen LogP contribution in [0.2, 0.25) is 5.02 Å². The quantitative estimate of drug-likeness (QED) is 0.855. The fourth-order valence-corrected chi connectivity index (χ4v) is 2.15. The minimum atomic E-state index is -0.404. The van der Waals surface area contributed by atoms with Gasteiger partial charge in [0.05, 0.1) is 0 Å². The summed E-state index contributed by atoms with van der Waals surface area (Å²) in [5.41, 5.74) is 1.94. The molecule has 1 N–H and O–H groups in total. The van der Waals surface area contributed by atoms with Gasteiger partial charge in [-0.2, -0.15) is 0 Å². The lowest BCUT2D eigenvalue weighted by Crippen LogP contribution is -2.22. The van der Waals surface area contributed by atoms with E-state index in [0.717, 1.165) is 5.56 Å². The molecular formula is C16H16ClF2N. The van der Waals surface area contributed by atoms with Gasteiger partial charge in [0.25, 0.3) is 0 Å². The smallest absolute Gasteiger partial charge is 0.127 e. The molecule has 20 heavy (non-hydrogen) atoms. The molecule has 1 nitrogen and oxygen atoms in total. The van der Waals surface area contributed by atoms with Crippen molar-refractivity contribution >= 4 is 11.6 Å². The molecular weight excluding hydrogens is 280 g/mol. The molecule has 2 aromatic rings. The summed E-state index contributed by atoms with van der Waals surface area (Å²) >= 11 is 5.85. The third-order valence-electron chi connectivity index (χ3n) is 2.94. The van der Waals surface area contributed by atoms with Crippen LogP contribution >= 0.6 is 11.6 Å². The van der Waals surface area contributed by atoms with Crippen molar-refractivity contribution in [3.63, 3.8) is 0 Å². The zero-order valence-corrected chi connectivity index (χ0v) is 12.1. The SMILES string of the molecule is CC(C)NCc1cc(-c2cc(F)cc(Cl)c2)ccc1F. The minimum Gasteiger partial charge on any atom is -0.310 e. The Hall–Kier alpha value is -1.45. The van der Waals surface area contributed by atoms with E-state index in [0.29, 0.717) is 22.7 Å². The molecule has 0 saturated heterocycles. The van der Waals surface area contributed by atoms with E-state index in [-0.39, 0.29) is 11.9 Å². The van der Waals surface area contributed by atoms with Gasteiger partial charge in [0.15, 0.2) is 0 Å². The number of benzene rings is 2. The molecule has 0 atom stereocenters. The van der Waals surface area contributed by atoms with Crippen molar-refractivity contribution in [1.82, 2.24) is 5.32 Å². The van der Waals surface area contributed by atoms with Crippen LogP contribution in [-0.4, -0.2) is 6.04 Å². The van der Waals surface area contributed by atoms with Gasteiger partial charge in [-0.15, -0.1) is 0 Å². The summed E-state index contributed by atoms with van der Waals surface area (Å²) in [6.45, 7) is 4.42. The fourth-order valence-electron chi connectivity index (χ4n) is 1.92. The molecule has 0 unspecified atom stereocenters.